The highest BCUT2D eigenvalue weighted by molar-refractivity contribution is 8.16. The van der Waals surface area contributed by atoms with Gasteiger partial charge >= 0.3 is 0 Å². The SMILES string of the molecule is CC[C@H](C)C(=O)N=C1S[C@H]2CS(=O)(=O)C[C@@H]2N1c1ccc(Cl)c(F)c1. The fourth-order valence-electron chi connectivity index (χ4n) is 2.88. The van der Waals surface area contributed by atoms with Crippen molar-refractivity contribution in [2.45, 2.75) is 31.6 Å². The van der Waals surface area contributed by atoms with Gasteiger partial charge in [-0.25, -0.2) is 12.8 Å². The summed E-state index contributed by atoms with van der Waals surface area (Å²) in [6, 6.07) is 3.92. The number of anilines is 1. The van der Waals surface area contributed by atoms with E-state index in [1.807, 2.05) is 6.92 Å². The molecule has 0 saturated carbocycles. The van der Waals surface area contributed by atoms with Crippen LogP contribution in [0.5, 0.6) is 0 Å². The molecule has 1 aromatic carbocycles. The number of carbonyl (C=O) groups is 1. The monoisotopic (exact) mass is 404 g/mol. The smallest absolute Gasteiger partial charge is 0.250 e. The number of hydrogen-bond donors (Lipinski definition) is 0. The van der Waals surface area contributed by atoms with Gasteiger partial charge in [0.15, 0.2) is 15.0 Å². The third-order valence-electron chi connectivity index (χ3n) is 4.49. The molecular formula is C16H18ClFN2O3S2. The molecule has 0 bridgehead atoms. The van der Waals surface area contributed by atoms with Crippen LogP contribution in [0.4, 0.5) is 10.1 Å². The van der Waals surface area contributed by atoms with E-state index in [-0.39, 0.29) is 39.6 Å². The molecule has 2 heterocycles. The number of benzene rings is 1. The Balaban J connectivity index is 2.02. The predicted molar refractivity (Wildman–Crippen MR) is 99.6 cm³/mol. The largest absolute Gasteiger partial charge is 0.315 e. The minimum Gasteiger partial charge on any atom is -0.315 e. The standard InChI is InChI=1S/C16H18ClFN2O3S2/c1-3-9(2)15(21)19-16-20(10-4-5-11(17)12(18)6-10)13-7-25(22,23)8-14(13)24-16/h4-6,9,13-14H,3,7-8H2,1-2H3/t9-,13-,14-/m0/s1. The Hall–Kier alpha value is -1.12. The molecule has 0 aromatic heterocycles. The Morgan fingerprint density at radius 2 is 2.20 bits per heavy atom. The predicted octanol–water partition coefficient (Wildman–Crippen LogP) is 3.13. The first-order chi connectivity index (χ1) is 11.7. The maximum atomic E-state index is 13.9. The first-order valence-corrected chi connectivity index (χ1v) is 11.0. The normalized spacial score (nSPS) is 27.5. The molecule has 2 aliphatic heterocycles. The van der Waals surface area contributed by atoms with E-state index in [9.17, 15) is 17.6 Å². The van der Waals surface area contributed by atoms with Gasteiger partial charge in [-0.1, -0.05) is 37.2 Å². The lowest BCUT2D eigenvalue weighted by molar-refractivity contribution is -0.121. The maximum Gasteiger partial charge on any atom is 0.250 e. The van der Waals surface area contributed by atoms with Crippen LogP contribution < -0.4 is 4.90 Å². The molecule has 5 nitrogen and oxygen atoms in total. The molecule has 2 aliphatic rings. The maximum absolute atomic E-state index is 13.9. The van der Waals surface area contributed by atoms with Crippen LogP contribution in [0.1, 0.15) is 20.3 Å². The molecule has 0 spiro atoms. The van der Waals surface area contributed by atoms with Crippen LogP contribution in [0, 0.1) is 11.7 Å². The van der Waals surface area contributed by atoms with Crippen LogP contribution >= 0.6 is 23.4 Å². The lowest BCUT2D eigenvalue weighted by Crippen LogP contribution is -2.38. The molecule has 2 fully saturated rings. The molecular weight excluding hydrogens is 387 g/mol. The molecule has 0 N–H and O–H groups in total. The van der Waals surface area contributed by atoms with Crippen molar-refractivity contribution in [3.05, 3.63) is 29.0 Å². The average Bonchev–Trinajstić information content (AvgIpc) is 3.00. The fraction of sp³-hybridized carbons (Fsp3) is 0.500. The summed E-state index contributed by atoms with van der Waals surface area (Å²) in [7, 11) is -3.16. The van der Waals surface area contributed by atoms with Gasteiger partial charge in [0.1, 0.15) is 5.82 Å². The molecule has 3 rings (SSSR count). The van der Waals surface area contributed by atoms with Crippen LogP contribution in [0.3, 0.4) is 0 Å². The summed E-state index contributed by atoms with van der Waals surface area (Å²) in [5.74, 6) is -1.08. The number of carbonyl (C=O) groups excluding carboxylic acids is 1. The van der Waals surface area contributed by atoms with Crippen molar-refractivity contribution in [1.82, 2.24) is 0 Å². The summed E-state index contributed by atoms with van der Waals surface area (Å²) < 4.78 is 37.9. The number of aliphatic imine (C=N–C) groups is 1. The van der Waals surface area contributed by atoms with E-state index in [0.717, 1.165) is 0 Å². The average molecular weight is 405 g/mol. The number of rotatable bonds is 3. The van der Waals surface area contributed by atoms with E-state index < -0.39 is 15.7 Å². The number of amidine groups is 1. The summed E-state index contributed by atoms with van der Waals surface area (Å²) in [5, 5.41) is 0.199. The first-order valence-electron chi connectivity index (χ1n) is 7.95. The van der Waals surface area contributed by atoms with E-state index in [0.29, 0.717) is 17.3 Å². The summed E-state index contributed by atoms with van der Waals surface area (Å²) >= 11 is 7.02. The van der Waals surface area contributed by atoms with E-state index in [4.69, 9.17) is 11.6 Å². The summed E-state index contributed by atoms with van der Waals surface area (Å²) in [5.41, 5.74) is 0.453. The third-order valence-corrected chi connectivity index (χ3v) is 8.00. The zero-order valence-electron chi connectivity index (χ0n) is 13.8. The quantitative estimate of drug-likeness (QED) is 0.774. The van der Waals surface area contributed by atoms with E-state index >= 15 is 0 Å². The molecule has 0 aliphatic carbocycles. The second kappa shape index (κ2) is 6.89. The van der Waals surface area contributed by atoms with Gasteiger partial charge in [0, 0.05) is 16.9 Å². The van der Waals surface area contributed by atoms with Crippen LogP contribution in [0.15, 0.2) is 23.2 Å². The summed E-state index contributed by atoms with van der Waals surface area (Å²) in [4.78, 5) is 18.1. The number of sulfone groups is 1. The fourth-order valence-corrected chi connectivity index (χ4v) is 6.92. The zero-order chi connectivity index (χ0) is 18.4. The minimum atomic E-state index is -3.16. The summed E-state index contributed by atoms with van der Waals surface area (Å²) in [6.07, 6.45) is 0.664. The van der Waals surface area contributed by atoms with Gasteiger partial charge in [-0.15, -0.1) is 0 Å². The third kappa shape index (κ3) is 3.71. The van der Waals surface area contributed by atoms with E-state index in [2.05, 4.69) is 4.99 Å². The Morgan fingerprint density at radius 1 is 1.48 bits per heavy atom. The van der Waals surface area contributed by atoms with Crippen molar-refractivity contribution in [1.29, 1.82) is 0 Å². The number of thioether (sulfide) groups is 1. The van der Waals surface area contributed by atoms with Crippen LogP contribution in [-0.2, 0) is 14.6 Å². The molecule has 25 heavy (non-hydrogen) atoms. The second-order valence-electron chi connectivity index (χ2n) is 6.31. The molecule has 1 aromatic rings. The molecule has 2 saturated heterocycles. The minimum absolute atomic E-state index is 0.0136. The van der Waals surface area contributed by atoms with Crippen molar-refractivity contribution in [3.8, 4) is 0 Å². The number of amides is 1. The van der Waals surface area contributed by atoms with Gasteiger partial charge in [0.2, 0.25) is 0 Å². The Bertz CT molecular complexity index is 844. The van der Waals surface area contributed by atoms with Crippen molar-refractivity contribution >= 4 is 50.0 Å². The molecule has 136 valence electrons. The molecule has 3 atom stereocenters. The van der Waals surface area contributed by atoms with Crippen LogP contribution in [0.25, 0.3) is 0 Å². The number of fused-ring (bicyclic) bond motifs is 1. The van der Waals surface area contributed by atoms with Crippen LogP contribution in [0.2, 0.25) is 5.02 Å². The zero-order valence-corrected chi connectivity index (χ0v) is 16.2. The molecule has 9 heteroatoms. The number of nitrogens with zero attached hydrogens (tertiary/aromatic N) is 2. The first kappa shape index (κ1) is 18.7. The van der Waals surface area contributed by atoms with Gasteiger partial charge in [0.05, 0.1) is 22.6 Å². The number of halogens is 2. The van der Waals surface area contributed by atoms with Crippen molar-refractivity contribution in [2.24, 2.45) is 10.9 Å². The van der Waals surface area contributed by atoms with Gasteiger partial charge in [-0.3, -0.25) is 4.79 Å². The van der Waals surface area contributed by atoms with Gasteiger partial charge in [-0.05, 0) is 24.6 Å². The molecule has 0 unspecified atom stereocenters. The van der Waals surface area contributed by atoms with Gasteiger partial charge in [-0.2, -0.15) is 4.99 Å². The summed E-state index contributed by atoms with van der Waals surface area (Å²) in [6.45, 7) is 3.70. The van der Waals surface area contributed by atoms with Gasteiger partial charge < -0.3 is 4.90 Å². The highest BCUT2D eigenvalue weighted by atomic mass is 35.5. The van der Waals surface area contributed by atoms with Crippen molar-refractivity contribution in [3.63, 3.8) is 0 Å². The Kier molecular flexibility index (Phi) is 5.14. The Labute approximate surface area is 155 Å². The molecule has 0 radical (unpaired) electrons. The highest BCUT2D eigenvalue weighted by Gasteiger charge is 2.49. The Morgan fingerprint density at radius 3 is 2.84 bits per heavy atom. The number of hydrogen-bond acceptors (Lipinski definition) is 4. The van der Waals surface area contributed by atoms with Crippen molar-refractivity contribution in [2.75, 3.05) is 16.4 Å². The van der Waals surface area contributed by atoms with Gasteiger partial charge in [0.25, 0.3) is 5.91 Å². The van der Waals surface area contributed by atoms with Crippen molar-refractivity contribution < 1.29 is 17.6 Å². The highest BCUT2D eigenvalue weighted by Crippen LogP contribution is 2.41. The molecule has 1 amide bonds. The second-order valence-corrected chi connectivity index (χ2v) is 10.1. The topological polar surface area (TPSA) is 66.8 Å². The lowest BCUT2D eigenvalue weighted by atomic mass is 10.1. The van der Waals surface area contributed by atoms with E-state index in [1.165, 1.54) is 23.9 Å². The van der Waals surface area contributed by atoms with Crippen LogP contribution in [-0.4, -0.2) is 42.3 Å². The lowest BCUT2D eigenvalue weighted by Gasteiger charge is -2.24. The van der Waals surface area contributed by atoms with E-state index in [1.54, 1.807) is 17.9 Å².